The van der Waals surface area contributed by atoms with E-state index in [9.17, 15) is 14.4 Å². The van der Waals surface area contributed by atoms with Gasteiger partial charge in [-0.3, -0.25) is 14.5 Å². The number of benzene rings is 1. The summed E-state index contributed by atoms with van der Waals surface area (Å²) in [6.07, 6.45) is 2.75. The van der Waals surface area contributed by atoms with Crippen LogP contribution in [0.15, 0.2) is 24.3 Å². The Morgan fingerprint density at radius 3 is 2.29 bits per heavy atom. The average Bonchev–Trinajstić information content (AvgIpc) is 2.85. The normalized spacial score (nSPS) is 15.8. The fourth-order valence-electron chi connectivity index (χ4n) is 3.81. The lowest BCUT2D eigenvalue weighted by Crippen LogP contribution is -3.04. The lowest BCUT2D eigenvalue weighted by Gasteiger charge is -2.25. The van der Waals surface area contributed by atoms with Crippen LogP contribution in [0.2, 0.25) is 0 Å². The topological polar surface area (TPSA) is 83.0 Å². The monoisotopic (exact) mass is 389 g/mol. The van der Waals surface area contributed by atoms with E-state index in [-0.39, 0.29) is 18.4 Å². The summed E-state index contributed by atoms with van der Waals surface area (Å²) >= 11 is 0. The van der Waals surface area contributed by atoms with Gasteiger partial charge in [-0.2, -0.15) is 0 Å². The number of imide groups is 1. The maximum atomic E-state index is 12.9. The van der Waals surface area contributed by atoms with Crippen molar-refractivity contribution in [2.45, 2.75) is 58.2 Å². The zero-order valence-corrected chi connectivity index (χ0v) is 17.4. The molecule has 3 N–H and O–H groups in total. The van der Waals surface area contributed by atoms with Gasteiger partial charge in [0.25, 0.3) is 5.91 Å². The Morgan fingerprint density at radius 2 is 1.71 bits per heavy atom. The highest BCUT2D eigenvalue weighted by molar-refractivity contribution is 6.09. The first-order chi connectivity index (χ1) is 13.3. The summed E-state index contributed by atoms with van der Waals surface area (Å²) in [5.74, 6) is -0.618. The van der Waals surface area contributed by atoms with Crippen molar-refractivity contribution in [3.05, 3.63) is 35.4 Å². The molecule has 4 amide bonds. The molecule has 7 nitrogen and oxygen atoms in total. The van der Waals surface area contributed by atoms with Crippen molar-refractivity contribution in [3.63, 3.8) is 0 Å². The van der Waals surface area contributed by atoms with Crippen LogP contribution in [-0.4, -0.2) is 48.9 Å². The van der Waals surface area contributed by atoms with E-state index in [1.54, 1.807) is 0 Å². The maximum Gasteiger partial charge on any atom is 0.325 e. The molecule has 0 aliphatic carbocycles. The number of urea groups is 1. The van der Waals surface area contributed by atoms with Gasteiger partial charge in [-0.05, 0) is 18.4 Å². The molecule has 1 aliphatic rings. The molecular formula is C21H33N4O3+. The highest BCUT2D eigenvalue weighted by Crippen LogP contribution is 2.27. The van der Waals surface area contributed by atoms with Gasteiger partial charge in [-0.15, -0.1) is 0 Å². The summed E-state index contributed by atoms with van der Waals surface area (Å²) in [7, 11) is 4.15. The molecule has 2 rings (SSSR count). The molecule has 0 saturated carbocycles. The van der Waals surface area contributed by atoms with Gasteiger partial charge in [0.05, 0.1) is 14.1 Å². The minimum absolute atomic E-state index is 0.249. The van der Waals surface area contributed by atoms with E-state index in [0.29, 0.717) is 19.4 Å². The van der Waals surface area contributed by atoms with Gasteiger partial charge in [0, 0.05) is 12.1 Å². The van der Waals surface area contributed by atoms with Crippen molar-refractivity contribution >= 4 is 17.8 Å². The molecule has 0 aromatic heterocycles. The Bertz CT molecular complexity index is 711. The third kappa shape index (κ3) is 5.10. The predicted octanol–water partition coefficient (Wildman–Crippen LogP) is 0.838. The summed E-state index contributed by atoms with van der Waals surface area (Å²) in [5, 5.41) is 5.68. The fourth-order valence-corrected chi connectivity index (χ4v) is 3.81. The van der Waals surface area contributed by atoms with Crippen molar-refractivity contribution < 1.29 is 19.3 Å². The van der Waals surface area contributed by atoms with Crippen molar-refractivity contribution in [2.75, 3.05) is 20.6 Å². The zero-order valence-electron chi connectivity index (χ0n) is 17.4. The molecule has 1 aromatic rings. The molecule has 0 radical (unpaired) electrons. The predicted molar refractivity (Wildman–Crippen MR) is 108 cm³/mol. The number of amides is 4. The second kappa shape index (κ2) is 9.68. The van der Waals surface area contributed by atoms with E-state index in [0.717, 1.165) is 29.8 Å². The molecule has 1 fully saturated rings. The van der Waals surface area contributed by atoms with Crippen LogP contribution in [0.25, 0.3) is 0 Å². The number of hydrogen-bond donors (Lipinski definition) is 3. The second-order valence-electron chi connectivity index (χ2n) is 7.83. The van der Waals surface area contributed by atoms with Crippen LogP contribution in [0.4, 0.5) is 4.79 Å². The van der Waals surface area contributed by atoms with Gasteiger partial charge in [0.1, 0.15) is 18.6 Å². The smallest absolute Gasteiger partial charge is 0.325 e. The molecule has 28 heavy (non-hydrogen) atoms. The number of carbonyl (C=O) groups is 3. The van der Waals surface area contributed by atoms with Crippen LogP contribution in [0, 0.1) is 0 Å². The second-order valence-corrected chi connectivity index (χ2v) is 7.83. The number of hydrogen-bond acceptors (Lipinski definition) is 3. The fraction of sp³-hybridized carbons (Fsp3) is 0.571. The van der Waals surface area contributed by atoms with Gasteiger partial charge in [-0.25, -0.2) is 4.79 Å². The molecule has 1 aliphatic heterocycles. The number of nitrogens with zero attached hydrogens (tertiary/aromatic N) is 1. The molecule has 1 heterocycles. The summed E-state index contributed by atoms with van der Waals surface area (Å²) < 4.78 is 0. The van der Waals surface area contributed by atoms with E-state index in [2.05, 4.69) is 30.8 Å². The van der Waals surface area contributed by atoms with Crippen molar-refractivity contribution in [3.8, 4) is 0 Å². The molecule has 0 unspecified atom stereocenters. The highest BCUT2D eigenvalue weighted by Gasteiger charge is 2.50. The van der Waals surface area contributed by atoms with Gasteiger partial charge in [0.15, 0.2) is 0 Å². The molecule has 1 saturated heterocycles. The van der Waals surface area contributed by atoms with Gasteiger partial charge in [0.2, 0.25) is 5.91 Å². The number of quaternary nitrogens is 1. The van der Waals surface area contributed by atoms with Crippen LogP contribution in [-0.2, 0) is 22.7 Å². The van der Waals surface area contributed by atoms with Crippen LogP contribution in [0.1, 0.15) is 50.7 Å². The minimum atomic E-state index is -0.859. The van der Waals surface area contributed by atoms with E-state index in [4.69, 9.17) is 0 Å². The summed E-state index contributed by atoms with van der Waals surface area (Å²) in [4.78, 5) is 40.0. The number of nitrogens with one attached hydrogen (secondary N) is 3. The standard InChI is InChI=1S/C21H32N4O3/c1-5-11-21(12-6-2)19(27)25(20(28)23-21)15-18(26)22-13-16-9-7-8-10-17(16)14-24(3)4/h7-10H,5-6,11-15H2,1-4H3,(H,22,26)(H,23,28)/p+1. The first-order valence-electron chi connectivity index (χ1n) is 10.1. The van der Waals surface area contributed by atoms with Gasteiger partial charge >= 0.3 is 6.03 Å². The maximum absolute atomic E-state index is 12.9. The van der Waals surface area contributed by atoms with Gasteiger partial charge < -0.3 is 15.5 Å². The summed E-state index contributed by atoms with van der Waals surface area (Å²) in [6, 6.07) is 7.49. The number of rotatable bonds is 10. The molecule has 0 bridgehead atoms. The zero-order chi connectivity index (χ0) is 20.7. The SMILES string of the molecule is CCCC1(CCC)NC(=O)N(CC(=O)NCc2ccccc2C[NH+](C)C)C1=O. The third-order valence-electron chi connectivity index (χ3n) is 5.04. The first kappa shape index (κ1) is 21.9. The van der Waals surface area contributed by atoms with Crippen LogP contribution < -0.4 is 15.5 Å². The Morgan fingerprint density at radius 1 is 1.11 bits per heavy atom. The highest BCUT2D eigenvalue weighted by atomic mass is 16.2. The minimum Gasteiger partial charge on any atom is -0.350 e. The van der Waals surface area contributed by atoms with Crippen LogP contribution >= 0.6 is 0 Å². The van der Waals surface area contributed by atoms with E-state index < -0.39 is 11.6 Å². The molecular weight excluding hydrogens is 356 g/mol. The molecule has 1 aromatic carbocycles. The van der Waals surface area contributed by atoms with E-state index in [1.165, 1.54) is 10.5 Å². The average molecular weight is 390 g/mol. The Kier molecular flexibility index (Phi) is 7.57. The lowest BCUT2D eigenvalue weighted by molar-refractivity contribution is -0.872. The third-order valence-corrected chi connectivity index (χ3v) is 5.04. The van der Waals surface area contributed by atoms with Crippen molar-refractivity contribution in [2.24, 2.45) is 0 Å². The Hall–Kier alpha value is -2.41. The number of carbonyl (C=O) groups excluding carboxylic acids is 3. The Balaban J connectivity index is 2.00. The Labute approximate surface area is 167 Å². The van der Waals surface area contributed by atoms with E-state index in [1.807, 2.05) is 32.0 Å². The molecule has 154 valence electrons. The largest absolute Gasteiger partial charge is 0.350 e. The van der Waals surface area contributed by atoms with Crippen LogP contribution in [0.3, 0.4) is 0 Å². The van der Waals surface area contributed by atoms with E-state index >= 15 is 0 Å². The molecule has 0 atom stereocenters. The summed E-state index contributed by atoms with van der Waals surface area (Å²) in [5.41, 5.74) is 1.35. The first-order valence-corrected chi connectivity index (χ1v) is 10.1. The lowest BCUT2D eigenvalue weighted by atomic mass is 9.88. The summed E-state index contributed by atoms with van der Waals surface area (Å²) in [6.45, 7) is 4.95. The van der Waals surface area contributed by atoms with Crippen molar-refractivity contribution in [1.82, 2.24) is 15.5 Å². The van der Waals surface area contributed by atoms with Crippen molar-refractivity contribution in [1.29, 1.82) is 0 Å². The van der Waals surface area contributed by atoms with Crippen LogP contribution in [0.5, 0.6) is 0 Å². The van der Waals surface area contributed by atoms with Gasteiger partial charge in [-0.1, -0.05) is 51.0 Å². The molecule has 7 heteroatoms. The molecule has 0 spiro atoms. The quantitative estimate of drug-likeness (QED) is 0.519.